The zero-order valence-electron chi connectivity index (χ0n) is 9.71. The Morgan fingerprint density at radius 2 is 2.00 bits per heavy atom. The van der Waals surface area contributed by atoms with Crippen LogP contribution in [0.15, 0.2) is 41.2 Å². The molecule has 1 N–H and O–H groups in total. The zero-order chi connectivity index (χ0) is 13.2. The molecule has 2 aromatic rings. The van der Waals surface area contributed by atoms with Crippen molar-refractivity contribution in [2.75, 3.05) is 5.32 Å². The van der Waals surface area contributed by atoms with E-state index < -0.39 is 11.7 Å². The highest BCUT2D eigenvalue weighted by Gasteiger charge is 2.32. The molecule has 0 radical (unpaired) electrons. The van der Waals surface area contributed by atoms with E-state index in [1.165, 1.54) is 19.3 Å². The van der Waals surface area contributed by atoms with Crippen LogP contribution in [0, 0.1) is 6.92 Å². The molecule has 0 fully saturated rings. The average molecular weight is 255 g/mol. The third-order valence-corrected chi connectivity index (χ3v) is 2.62. The Bertz CT molecular complexity index is 518. The van der Waals surface area contributed by atoms with Crippen molar-refractivity contribution in [3.05, 3.63) is 53.5 Å². The van der Waals surface area contributed by atoms with E-state index in [-0.39, 0.29) is 5.56 Å². The Morgan fingerprint density at radius 1 is 1.22 bits per heavy atom. The molecule has 1 aromatic carbocycles. The number of anilines is 1. The second kappa shape index (κ2) is 4.76. The predicted molar refractivity (Wildman–Crippen MR) is 62.2 cm³/mol. The number of rotatable bonds is 3. The van der Waals surface area contributed by atoms with Crippen LogP contribution in [0.2, 0.25) is 0 Å². The summed E-state index contributed by atoms with van der Waals surface area (Å²) in [4.78, 5) is 0. The molecule has 1 aromatic heterocycles. The Balaban J connectivity index is 2.15. The summed E-state index contributed by atoms with van der Waals surface area (Å²) in [5, 5.41) is 2.93. The molecule has 0 bridgehead atoms. The normalized spacial score (nSPS) is 11.6. The van der Waals surface area contributed by atoms with Gasteiger partial charge in [0.25, 0.3) is 0 Å². The summed E-state index contributed by atoms with van der Waals surface area (Å²) in [6, 6.07) is 5.96. The molecule has 96 valence electrons. The summed E-state index contributed by atoms with van der Waals surface area (Å²) in [6.45, 7) is 1.87. The number of halogens is 3. The lowest BCUT2D eigenvalue weighted by molar-refractivity contribution is -0.138. The van der Waals surface area contributed by atoms with Gasteiger partial charge in [-0.2, -0.15) is 13.2 Å². The minimum Gasteiger partial charge on any atom is -0.472 e. The molecule has 0 unspecified atom stereocenters. The fraction of sp³-hybridized carbons (Fsp3) is 0.231. The first-order chi connectivity index (χ1) is 8.47. The Hall–Kier alpha value is -1.91. The van der Waals surface area contributed by atoms with Crippen LogP contribution >= 0.6 is 0 Å². The van der Waals surface area contributed by atoms with E-state index in [1.54, 1.807) is 18.4 Å². The maximum atomic E-state index is 12.7. The van der Waals surface area contributed by atoms with Gasteiger partial charge in [-0.05, 0) is 30.7 Å². The van der Waals surface area contributed by atoms with Crippen LogP contribution in [-0.2, 0) is 12.7 Å². The zero-order valence-corrected chi connectivity index (χ0v) is 9.71. The molecule has 0 aliphatic rings. The maximum absolute atomic E-state index is 12.7. The molecule has 0 saturated carbocycles. The van der Waals surface area contributed by atoms with Gasteiger partial charge >= 0.3 is 6.18 Å². The van der Waals surface area contributed by atoms with E-state index in [1.807, 2.05) is 0 Å². The van der Waals surface area contributed by atoms with Crippen LogP contribution in [0.5, 0.6) is 0 Å². The highest BCUT2D eigenvalue weighted by atomic mass is 19.4. The number of furan rings is 1. The predicted octanol–water partition coefficient (Wildman–Crippen LogP) is 4.22. The van der Waals surface area contributed by atoms with Crippen molar-refractivity contribution < 1.29 is 17.6 Å². The van der Waals surface area contributed by atoms with Crippen molar-refractivity contribution in [3.63, 3.8) is 0 Å². The summed E-state index contributed by atoms with van der Waals surface area (Å²) in [6.07, 6.45) is -1.25. The number of hydrogen-bond acceptors (Lipinski definition) is 2. The highest BCUT2D eigenvalue weighted by Crippen LogP contribution is 2.33. The fourth-order valence-corrected chi connectivity index (χ4v) is 1.63. The Labute approximate surface area is 102 Å². The molecule has 0 saturated heterocycles. The Kier molecular flexibility index (Phi) is 3.32. The van der Waals surface area contributed by atoms with Crippen LogP contribution in [0.1, 0.15) is 16.7 Å². The molecular weight excluding hydrogens is 243 g/mol. The molecule has 5 heteroatoms. The van der Waals surface area contributed by atoms with Crippen molar-refractivity contribution in [3.8, 4) is 0 Å². The van der Waals surface area contributed by atoms with Gasteiger partial charge in [-0.1, -0.05) is 6.07 Å². The van der Waals surface area contributed by atoms with E-state index in [0.29, 0.717) is 12.2 Å². The largest absolute Gasteiger partial charge is 0.472 e. The third kappa shape index (κ3) is 2.85. The fourth-order valence-electron chi connectivity index (χ4n) is 1.63. The summed E-state index contributed by atoms with van der Waals surface area (Å²) >= 11 is 0. The van der Waals surface area contributed by atoms with Crippen LogP contribution in [0.3, 0.4) is 0 Å². The second-order valence-electron chi connectivity index (χ2n) is 4.01. The first-order valence-corrected chi connectivity index (χ1v) is 5.39. The average Bonchev–Trinajstić information content (AvgIpc) is 2.79. The third-order valence-electron chi connectivity index (χ3n) is 2.62. The second-order valence-corrected chi connectivity index (χ2v) is 4.01. The van der Waals surface area contributed by atoms with Gasteiger partial charge in [0.2, 0.25) is 0 Å². The number of nitrogens with one attached hydrogen (secondary N) is 1. The van der Waals surface area contributed by atoms with E-state index in [9.17, 15) is 13.2 Å². The highest BCUT2D eigenvalue weighted by molar-refractivity contribution is 5.49. The summed E-state index contributed by atoms with van der Waals surface area (Å²) in [5.41, 5.74) is 0.925. The van der Waals surface area contributed by atoms with Crippen molar-refractivity contribution in [2.45, 2.75) is 19.6 Å². The van der Waals surface area contributed by atoms with Gasteiger partial charge in [0, 0.05) is 17.8 Å². The van der Waals surface area contributed by atoms with Crippen molar-refractivity contribution in [2.24, 2.45) is 0 Å². The quantitative estimate of drug-likeness (QED) is 0.888. The first kappa shape index (κ1) is 12.5. The van der Waals surface area contributed by atoms with Crippen molar-refractivity contribution in [1.29, 1.82) is 0 Å². The van der Waals surface area contributed by atoms with E-state index in [4.69, 9.17) is 4.42 Å². The molecular formula is C13H12F3NO. The van der Waals surface area contributed by atoms with Crippen LogP contribution < -0.4 is 5.32 Å². The molecule has 0 amide bonds. The molecule has 2 rings (SSSR count). The molecule has 1 heterocycles. The monoisotopic (exact) mass is 255 g/mol. The molecule has 18 heavy (non-hydrogen) atoms. The van der Waals surface area contributed by atoms with E-state index in [2.05, 4.69) is 5.32 Å². The van der Waals surface area contributed by atoms with Gasteiger partial charge in [0.15, 0.2) is 0 Å². The number of hydrogen-bond donors (Lipinski definition) is 1. The van der Waals surface area contributed by atoms with E-state index >= 15 is 0 Å². The molecule has 0 aliphatic carbocycles. The van der Waals surface area contributed by atoms with Gasteiger partial charge in [0.1, 0.15) is 0 Å². The Morgan fingerprint density at radius 3 is 2.61 bits per heavy atom. The minimum absolute atomic E-state index is 0.219. The van der Waals surface area contributed by atoms with Gasteiger partial charge < -0.3 is 9.73 Å². The molecule has 2 nitrogen and oxygen atoms in total. The minimum atomic E-state index is -4.32. The lowest BCUT2D eigenvalue weighted by atomic mass is 10.1. The topological polar surface area (TPSA) is 25.2 Å². The SMILES string of the molecule is Cc1ccc(NCc2ccoc2)cc1C(F)(F)F. The smallest absolute Gasteiger partial charge is 0.416 e. The van der Waals surface area contributed by atoms with Gasteiger partial charge in [-0.15, -0.1) is 0 Å². The summed E-state index contributed by atoms with van der Waals surface area (Å²) in [5.74, 6) is 0. The van der Waals surface area contributed by atoms with Crippen LogP contribution in [0.4, 0.5) is 18.9 Å². The lowest BCUT2D eigenvalue weighted by Crippen LogP contribution is -2.08. The van der Waals surface area contributed by atoms with Crippen molar-refractivity contribution in [1.82, 2.24) is 0 Å². The van der Waals surface area contributed by atoms with Gasteiger partial charge in [-0.3, -0.25) is 0 Å². The number of benzene rings is 1. The number of aryl methyl sites for hydroxylation is 1. The molecule has 0 aliphatic heterocycles. The lowest BCUT2D eigenvalue weighted by Gasteiger charge is -2.13. The van der Waals surface area contributed by atoms with Crippen LogP contribution in [-0.4, -0.2) is 0 Å². The first-order valence-electron chi connectivity index (χ1n) is 5.39. The summed E-state index contributed by atoms with van der Waals surface area (Å²) in [7, 11) is 0. The molecule has 0 atom stereocenters. The summed E-state index contributed by atoms with van der Waals surface area (Å²) < 4.78 is 43.0. The van der Waals surface area contributed by atoms with Gasteiger partial charge in [-0.25, -0.2) is 0 Å². The van der Waals surface area contributed by atoms with Crippen molar-refractivity contribution >= 4 is 5.69 Å². The number of alkyl halides is 3. The van der Waals surface area contributed by atoms with Gasteiger partial charge in [0.05, 0.1) is 18.1 Å². The molecule has 0 spiro atoms. The maximum Gasteiger partial charge on any atom is 0.416 e. The van der Waals surface area contributed by atoms with Crippen LogP contribution in [0.25, 0.3) is 0 Å². The standard InChI is InChI=1S/C13H12F3NO/c1-9-2-3-11(6-12(9)13(14,15)16)17-7-10-4-5-18-8-10/h2-6,8,17H,7H2,1H3. The van der Waals surface area contributed by atoms with E-state index in [0.717, 1.165) is 11.6 Å².